The van der Waals surface area contributed by atoms with E-state index in [1.165, 1.54) is 67.0 Å². The fraction of sp³-hybridized carbons (Fsp3) is 0.182. The number of rotatable bonds is 2. The van der Waals surface area contributed by atoms with Gasteiger partial charge in [0.2, 0.25) is 0 Å². The van der Waals surface area contributed by atoms with E-state index in [1.54, 1.807) is 7.11 Å². The zero-order chi connectivity index (χ0) is 16.8. The second kappa shape index (κ2) is 8.30. The van der Waals surface area contributed by atoms with E-state index in [0.29, 0.717) is 5.92 Å². The molecule has 0 fully saturated rings. The van der Waals surface area contributed by atoms with E-state index >= 15 is 0 Å². The number of hydrogen-bond donors (Lipinski definition) is 0. The summed E-state index contributed by atoms with van der Waals surface area (Å²) in [5.74, 6) is 1.25. The molecule has 4 rings (SSSR count). The van der Waals surface area contributed by atoms with Gasteiger partial charge in [-0.15, -0.1) is 0 Å². The van der Waals surface area contributed by atoms with E-state index in [1.807, 2.05) is 0 Å². The summed E-state index contributed by atoms with van der Waals surface area (Å²) in [4.78, 5) is 0. The van der Waals surface area contributed by atoms with Crippen LogP contribution >= 0.6 is 0 Å². The summed E-state index contributed by atoms with van der Waals surface area (Å²) in [5, 5.41) is 0. The Labute approximate surface area is 182 Å². The predicted octanol–water partition coefficient (Wildman–Crippen LogP) is -0.477. The van der Waals surface area contributed by atoms with Gasteiger partial charge in [-0.3, -0.25) is 0 Å². The van der Waals surface area contributed by atoms with E-state index < -0.39 is 0 Å². The largest absolute Gasteiger partial charge is 1.00 e. The summed E-state index contributed by atoms with van der Waals surface area (Å²) >= 11 is 1.48. The van der Waals surface area contributed by atoms with Crippen molar-refractivity contribution in [2.45, 2.75) is 19.8 Å². The van der Waals surface area contributed by atoms with Crippen LogP contribution < -0.4 is 29.6 Å². The van der Waals surface area contributed by atoms with Crippen molar-refractivity contribution in [1.82, 2.24) is 0 Å². The number of benzene rings is 2. The number of fused-ring (bicyclic) bond motifs is 3. The van der Waals surface area contributed by atoms with E-state index in [4.69, 9.17) is 4.74 Å². The standard InChI is InChI=1S/C22H19O.2ClH.Zr/c1-14(2)15-8-9-16(12-15)22-20-7-5-4-6-18(20)19-11-10-17(23-3)13-21(19)22;;;/h4-11,13,22H,1-3H3;2*1H;/q;;;+2/p-2. The van der Waals surface area contributed by atoms with Crippen molar-refractivity contribution in [2.24, 2.45) is 0 Å². The van der Waals surface area contributed by atoms with Gasteiger partial charge >= 0.3 is 159 Å². The molecule has 0 radical (unpaired) electrons. The molecule has 1 nitrogen and oxygen atoms in total. The van der Waals surface area contributed by atoms with Crippen LogP contribution in [0.25, 0.3) is 11.1 Å². The van der Waals surface area contributed by atoms with Crippen molar-refractivity contribution in [2.75, 3.05) is 7.11 Å². The maximum absolute atomic E-state index is 5.50. The minimum Gasteiger partial charge on any atom is -1.00 e. The third kappa shape index (κ3) is 3.28. The van der Waals surface area contributed by atoms with Crippen molar-refractivity contribution in [3.63, 3.8) is 0 Å². The third-order valence-corrected chi connectivity index (χ3v) is 6.34. The van der Waals surface area contributed by atoms with Crippen LogP contribution in [0.15, 0.2) is 74.6 Å². The zero-order valence-electron chi connectivity index (χ0n) is 14.9. The molecule has 0 bridgehead atoms. The molecule has 0 heterocycles. The molecule has 2 aromatic carbocycles. The number of allylic oxidation sites excluding steroid dienone is 6. The van der Waals surface area contributed by atoms with Gasteiger partial charge in [-0.25, -0.2) is 0 Å². The Morgan fingerprint density at radius 1 is 0.923 bits per heavy atom. The molecule has 4 heteroatoms. The summed E-state index contributed by atoms with van der Waals surface area (Å²) in [6.07, 6.45) is 4.61. The summed E-state index contributed by atoms with van der Waals surface area (Å²) < 4.78 is 6.98. The molecule has 0 amide bonds. The minimum absolute atomic E-state index is 0. The normalized spacial score (nSPS) is 16.7. The summed E-state index contributed by atoms with van der Waals surface area (Å²) in [6, 6.07) is 15.3. The first-order chi connectivity index (χ1) is 11.6. The van der Waals surface area contributed by atoms with Crippen molar-refractivity contribution >= 4 is 0 Å². The fourth-order valence-electron chi connectivity index (χ4n) is 3.80. The molecular weight excluding hydrogens is 442 g/mol. The molecule has 2 aliphatic rings. The molecule has 2 aliphatic carbocycles. The summed E-state index contributed by atoms with van der Waals surface area (Å²) in [7, 11) is 1.74. The molecule has 0 aromatic heterocycles. The van der Waals surface area contributed by atoms with Gasteiger partial charge < -0.3 is 24.8 Å². The molecule has 26 heavy (non-hydrogen) atoms. The monoisotopic (exact) mass is 459 g/mol. The zero-order valence-corrected chi connectivity index (χ0v) is 18.9. The molecule has 2 aromatic rings. The summed E-state index contributed by atoms with van der Waals surface area (Å²) in [5.41, 5.74) is 9.73. The van der Waals surface area contributed by atoms with Gasteiger partial charge in [-0.05, 0) is 0 Å². The minimum atomic E-state index is 0. The molecule has 1 unspecified atom stereocenters. The van der Waals surface area contributed by atoms with Crippen molar-refractivity contribution in [1.29, 1.82) is 0 Å². The van der Waals surface area contributed by atoms with E-state index in [0.717, 1.165) is 5.75 Å². The van der Waals surface area contributed by atoms with Crippen LogP contribution in [0.3, 0.4) is 0 Å². The van der Waals surface area contributed by atoms with Gasteiger partial charge in [0.15, 0.2) is 0 Å². The second-order valence-corrected chi connectivity index (χ2v) is 7.78. The predicted molar refractivity (Wildman–Crippen MR) is 94.8 cm³/mol. The van der Waals surface area contributed by atoms with Crippen LogP contribution in [0.4, 0.5) is 0 Å². The van der Waals surface area contributed by atoms with Crippen LogP contribution in [0.1, 0.15) is 30.9 Å². The average molecular weight is 462 g/mol. The molecule has 131 valence electrons. The van der Waals surface area contributed by atoms with Crippen LogP contribution in [0, 0.1) is 0 Å². The van der Waals surface area contributed by atoms with Crippen molar-refractivity contribution < 1.29 is 54.3 Å². The molecule has 0 saturated heterocycles. The SMILES string of the molecule is COc1ccc2c(c1)C(C1=[C]([Zr+2])C(=C(C)C)C=C1)c1ccccc1-2.[Cl-].[Cl-]. The molecule has 0 spiro atoms. The van der Waals surface area contributed by atoms with Gasteiger partial charge in [-0.1, -0.05) is 0 Å². The first kappa shape index (κ1) is 21.2. The number of ether oxygens (including phenoxy) is 1. The molecule has 0 aliphatic heterocycles. The Hall–Kier alpha value is -1.08. The first-order valence-electron chi connectivity index (χ1n) is 8.20. The maximum Gasteiger partial charge on any atom is -1.00 e. The maximum atomic E-state index is 5.50. The van der Waals surface area contributed by atoms with Crippen LogP contribution in [-0.4, -0.2) is 7.11 Å². The molecule has 0 saturated carbocycles. The molecular formula is C22H19Cl2OZr. The van der Waals surface area contributed by atoms with Gasteiger partial charge in [-0.2, -0.15) is 0 Å². The Morgan fingerprint density at radius 2 is 1.62 bits per heavy atom. The number of methoxy groups -OCH3 is 1. The Balaban J connectivity index is 0.00000121. The number of hydrogen-bond acceptors (Lipinski definition) is 1. The second-order valence-electron chi connectivity index (χ2n) is 6.55. The summed E-state index contributed by atoms with van der Waals surface area (Å²) in [6.45, 7) is 4.40. The Bertz CT molecular complexity index is 937. The van der Waals surface area contributed by atoms with Crippen LogP contribution in [-0.2, 0) is 24.7 Å². The van der Waals surface area contributed by atoms with E-state index in [9.17, 15) is 0 Å². The van der Waals surface area contributed by atoms with Crippen molar-refractivity contribution in [3.8, 4) is 16.9 Å². The van der Waals surface area contributed by atoms with Gasteiger partial charge in [0.1, 0.15) is 0 Å². The smallest absolute Gasteiger partial charge is 1.00 e. The van der Waals surface area contributed by atoms with E-state index in [2.05, 4.69) is 68.5 Å². The molecule has 1 atom stereocenters. The molecule has 0 N–H and O–H groups in total. The van der Waals surface area contributed by atoms with Crippen molar-refractivity contribution in [3.05, 3.63) is 85.7 Å². The fourth-order valence-corrected chi connectivity index (χ4v) is 5.18. The van der Waals surface area contributed by atoms with Crippen LogP contribution in [0.2, 0.25) is 0 Å². The number of halogens is 2. The van der Waals surface area contributed by atoms with Gasteiger partial charge in [0.05, 0.1) is 0 Å². The quantitative estimate of drug-likeness (QED) is 0.588. The average Bonchev–Trinajstić information content (AvgIpc) is 3.12. The first-order valence-corrected chi connectivity index (χ1v) is 9.43. The Morgan fingerprint density at radius 3 is 2.27 bits per heavy atom. The topological polar surface area (TPSA) is 9.23 Å². The van der Waals surface area contributed by atoms with Crippen LogP contribution in [0.5, 0.6) is 5.75 Å². The Kier molecular flexibility index (Phi) is 6.77. The van der Waals surface area contributed by atoms with E-state index in [-0.39, 0.29) is 24.8 Å². The van der Waals surface area contributed by atoms with Gasteiger partial charge in [0.25, 0.3) is 0 Å². The van der Waals surface area contributed by atoms with Gasteiger partial charge in [0, 0.05) is 0 Å². The third-order valence-electron chi connectivity index (χ3n) is 4.97.